The van der Waals surface area contributed by atoms with Crippen LogP contribution in [0.1, 0.15) is 72.1 Å². The fourth-order valence-corrected chi connectivity index (χ4v) is 10.2. The van der Waals surface area contributed by atoms with Gasteiger partial charge in [-0.2, -0.15) is 0 Å². The second-order valence-corrected chi connectivity index (χ2v) is 12.3. The third-order valence-corrected chi connectivity index (χ3v) is 11.4. The number of unbranched alkanes of at least 4 members (excludes halogenated alkanes) is 3. The van der Waals surface area contributed by atoms with E-state index in [0.29, 0.717) is 11.6 Å². The molecular formula is C23H39BrNOP. The van der Waals surface area contributed by atoms with Crippen molar-refractivity contribution in [3.8, 4) is 0 Å². The molecule has 1 atom stereocenters. The Balaban J connectivity index is 0.00000364. The fraction of sp³-hybridized carbons (Fsp3) is 0.696. The number of nitrogens with zero attached hydrogens (tertiary/aromatic N) is 1. The third-order valence-electron chi connectivity index (χ3n) is 6.01. The van der Waals surface area contributed by atoms with Crippen molar-refractivity contribution in [1.82, 2.24) is 0 Å². The minimum atomic E-state index is -1.23. The van der Waals surface area contributed by atoms with E-state index in [0.717, 1.165) is 25.1 Å². The van der Waals surface area contributed by atoms with Crippen LogP contribution in [-0.2, 0) is 4.79 Å². The van der Waals surface area contributed by atoms with E-state index in [-0.39, 0.29) is 17.0 Å². The molecule has 1 unspecified atom stereocenters. The third kappa shape index (κ3) is 6.57. The number of carbonyl (C=O) groups excluding carboxylic acids is 1. The summed E-state index contributed by atoms with van der Waals surface area (Å²) in [6.45, 7) is 7.79. The van der Waals surface area contributed by atoms with Crippen LogP contribution in [0.2, 0.25) is 0 Å². The minimum absolute atomic E-state index is 0. The van der Waals surface area contributed by atoms with E-state index in [1.165, 1.54) is 57.0 Å². The van der Waals surface area contributed by atoms with E-state index in [1.54, 1.807) is 0 Å². The number of hydrogen-bond donors (Lipinski definition) is 0. The van der Waals surface area contributed by atoms with Crippen molar-refractivity contribution in [2.75, 3.05) is 29.9 Å². The van der Waals surface area contributed by atoms with Crippen molar-refractivity contribution in [2.45, 2.75) is 77.8 Å². The number of rotatable bonds is 11. The zero-order chi connectivity index (χ0) is 18.8. The Morgan fingerprint density at radius 2 is 1.44 bits per heavy atom. The Morgan fingerprint density at radius 1 is 0.926 bits per heavy atom. The van der Waals surface area contributed by atoms with Crippen LogP contribution in [0.25, 0.3) is 0 Å². The zero-order valence-corrected chi connectivity index (χ0v) is 20.1. The maximum absolute atomic E-state index is 13.6. The molecule has 4 heteroatoms. The fourth-order valence-electron chi connectivity index (χ4n) is 4.45. The van der Waals surface area contributed by atoms with Gasteiger partial charge < -0.3 is 21.9 Å². The molecule has 27 heavy (non-hydrogen) atoms. The molecule has 1 amide bonds. The van der Waals surface area contributed by atoms with E-state index in [1.807, 2.05) is 6.07 Å². The molecule has 0 radical (unpaired) electrons. The lowest BCUT2D eigenvalue weighted by atomic mass is 10.1. The predicted molar refractivity (Wildman–Crippen MR) is 118 cm³/mol. The standard InChI is InChI=1S/C23H39NOP.BrH/c1-4-7-18-26(19-8-5-2,20-9-6-3)22-16-13-17-24(23(22)25)21-14-11-10-12-15-21;/h10-12,14-15,22H,4-9,13,16-20H2,1-3H3;1H/q+1;/p-1. The summed E-state index contributed by atoms with van der Waals surface area (Å²) in [5, 5.41) is 0. The Labute approximate surface area is 178 Å². The first-order chi connectivity index (χ1) is 12.7. The number of carbonyl (C=O) groups is 1. The number of halogens is 1. The molecule has 154 valence electrons. The van der Waals surface area contributed by atoms with Gasteiger partial charge in [-0.05, 0) is 44.2 Å². The Hall–Kier alpha value is -0.400. The highest BCUT2D eigenvalue weighted by Crippen LogP contribution is 2.66. The normalized spacial score (nSPS) is 17.7. The highest BCUT2D eigenvalue weighted by Gasteiger charge is 2.50. The topological polar surface area (TPSA) is 20.3 Å². The SMILES string of the molecule is CCCC[P+](CCCC)(CCCC)C1CCCN(c2ccccc2)C1=O.[Br-]. The highest BCUT2D eigenvalue weighted by molar-refractivity contribution is 7.77. The summed E-state index contributed by atoms with van der Waals surface area (Å²) in [7, 11) is -1.23. The Kier molecular flexibility index (Phi) is 11.8. The number of amides is 1. The van der Waals surface area contributed by atoms with Gasteiger partial charge in [0.15, 0.2) is 0 Å². The molecule has 0 aliphatic carbocycles. The van der Waals surface area contributed by atoms with Crippen LogP contribution in [0.5, 0.6) is 0 Å². The number of piperidine rings is 1. The lowest BCUT2D eigenvalue weighted by Crippen LogP contribution is -3.00. The molecule has 0 aromatic heterocycles. The Morgan fingerprint density at radius 3 is 1.93 bits per heavy atom. The van der Waals surface area contributed by atoms with Crippen LogP contribution in [0.15, 0.2) is 30.3 Å². The second-order valence-electron chi connectivity index (χ2n) is 7.93. The summed E-state index contributed by atoms with van der Waals surface area (Å²) in [4.78, 5) is 15.7. The van der Waals surface area contributed by atoms with Gasteiger partial charge in [-0.3, -0.25) is 4.79 Å². The first-order valence-electron chi connectivity index (χ1n) is 10.9. The number of benzene rings is 1. The molecule has 1 aliphatic rings. The van der Waals surface area contributed by atoms with Crippen molar-refractivity contribution in [1.29, 1.82) is 0 Å². The summed E-state index contributed by atoms with van der Waals surface area (Å²) in [5.74, 6) is 0.444. The quantitative estimate of drug-likeness (QED) is 0.466. The molecule has 2 rings (SSSR count). The van der Waals surface area contributed by atoms with Crippen LogP contribution < -0.4 is 21.9 Å². The van der Waals surface area contributed by atoms with Crippen molar-refractivity contribution in [3.05, 3.63) is 30.3 Å². The average molecular weight is 456 g/mol. The van der Waals surface area contributed by atoms with Crippen LogP contribution in [0.3, 0.4) is 0 Å². The van der Waals surface area contributed by atoms with Crippen LogP contribution >= 0.6 is 7.26 Å². The molecule has 0 spiro atoms. The van der Waals surface area contributed by atoms with Crippen molar-refractivity contribution < 1.29 is 21.8 Å². The molecule has 1 aliphatic heterocycles. The number of anilines is 1. The molecule has 1 saturated heterocycles. The molecule has 0 saturated carbocycles. The highest BCUT2D eigenvalue weighted by atomic mass is 79.9. The maximum Gasteiger partial charge on any atom is 0.267 e. The lowest BCUT2D eigenvalue weighted by Gasteiger charge is -2.40. The molecule has 2 nitrogen and oxygen atoms in total. The van der Waals surface area contributed by atoms with Gasteiger partial charge in [0.05, 0.1) is 18.5 Å². The zero-order valence-electron chi connectivity index (χ0n) is 17.6. The monoisotopic (exact) mass is 455 g/mol. The van der Waals surface area contributed by atoms with E-state index < -0.39 is 7.26 Å². The molecule has 1 fully saturated rings. The van der Waals surface area contributed by atoms with E-state index in [2.05, 4.69) is 49.9 Å². The Bertz CT molecular complexity index is 515. The maximum atomic E-state index is 13.6. The van der Waals surface area contributed by atoms with Crippen molar-refractivity contribution >= 4 is 18.9 Å². The molecule has 1 heterocycles. The summed E-state index contributed by atoms with van der Waals surface area (Å²) >= 11 is 0. The van der Waals surface area contributed by atoms with E-state index in [4.69, 9.17) is 0 Å². The van der Waals surface area contributed by atoms with Crippen LogP contribution in [0.4, 0.5) is 5.69 Å². The number of para-hydroxylation sites is 1. The number of hydrogen-bond acceptors (Lipinski definition) is 1. The molecule has 0 N–H and O–H groups in total. The van der Waals surface area contributed by atoms with Gasteiger partial charge in [0, 0.05) is 19.5 Å². The first kappa shape index (κ1) is 24.6. The van der Waals surface area contributed by atoms with Gasteiger partial charge in [0.25, 0.3) is 5.91 Å². The minimum Gasteiger partial charge on any atom is -1.00 e. The lowest BCUT2D eigenvalue weighted by molar-refractivity contribution is -0.119. The summed E-state index contributed by atoms with van der Waals surface area (Å²) in [6, 6.07) is 10.4. The van der Waals surface area contributed by atoms with Gasteiger partial charge in [0.2, 0.25) is 0 Å². The summed E-state index contributed by atoms with van der Waals surface area (Å²) in [6.07, 6.45) is 14.0. The summed E-state index contributed by atoms with van der Waals surface area (Å²) in [5.41, 5.74) is 1.42. The van der Waals surface area contributed by atoms with Crippen LogP contribution in [-0.4, -0.2) is 36.6 Å². The molecule has 0 bridgehead atoms. The van der Waals surface area contributed by atoms with Gasteiger partial charge in [-0.25, -0.2) is 0 Å². The molecule has 1 aromatic rings. The largest absolute Gasteiger partial charge is 1.00 e. The summed E-state index contributed by atoms with van der Waals surface area (Å²) < 4.78 is 0. The average Bonchev–Trinajstić information content (AvgIpc) is 2.69. The van der Waals surface area contributed by atoms with Gasteiger partial charge in [-0.1, -0.05) is 58.2 Å². The van der Waals surface area contributed by atoms with E-state index in [9.17, 15) is 4.79 Å². The predicted octanol–water partition coefficient (Wildman–Crippen LogP) is 3.60. The van der Waals surface area contributed by atoms with Crippen molar-refractivity contribution in [2.24, 2.45) is 0 Å². The molecule has 1 aromatic carbocycles. The molecular weight excluding hydrogens is 417 g/mol. The van der Waals surface area contributed by atoms with Gasteiger partial charge in [0.1, 0.15) is 5.66 Å². The van der Waals surface area contributed by atoms with Crippen LogP contribution in [0, 0.1) is 0 Å². The van der Waals surface area contributed by atoms with Gasteiger partial charge >= 0.3 is 0 Å². The van der Waals surface area contributed by atoms with Gasteiger partial charge in [-0.15, -0.1) is 0 Å². The first-order valence-corrected chi connectivity index (χ1v) is 13.3. The van der Waals surface area contributed by atoms with Crippen molar-refractivity contribution in [3.63, 3.8) is 0 Å². The smallest absolute Gasteiger partial charge is 0.267 e. The van der Waals surface area contributed by atoms with E-state index >= 15 is 0 Å². The second kappa shape index (κ2) is 12.9.